The zero-order valence-electron chi connectivity index (χ0n) is 8.43. The predicted molar refractivity (Wildman–Crippen MR) is 56.2 cm³/mol. The fraction of sp³-hybridized carbons (Fsp3) is 0.364. The van der Waals surface area contributed by atoms with E-state index in [9.17, 15) is 4.79 Å². The zero-order valence-corrected chi connectivity index (χ0v) is 8.43. The number of ether oxygens (including phenoxy) is 1. The minimum Gasteiger partial charge on any atom is -0.462 e. The average molecular weight is 209 g/mol. The van der Waals surface area contributed by atoms with Crippen molar-refractivity contribution in [1.29, 1.82) is 0 Å². The molecule has 0 aromatic heterocycles. The summed E-state index contributed by atoms with van der Waals surface area (Å²) < 4.78 is 4.71. The summed E-state index contributed by atoms with van der Waals surface area (Å²) in [6.45, 7) is -0.175. The first-order valence-corrected chi connectivity index (χ1v) is 4.81. The maximum atomic E-state index is 11.2. The van der Waals surface area contributed by atoms with Gasteiger partial charge in [0.05, 0.1) is 6.61 Å². The number of nitrogens with two attached hydrogens (primary N) is 1. The van der Waals surface area contributed by atoms with Crippen LogP contribution in [0.25, 0.3) is 0 Å². The van der Waals surface area contributed by atoms with Gasteiger partial charge in [-0.25, -0.2) is 0 Å². The van der Waals surface area contributed by atoms with Gasteiger partial charge >= 0.3 is 5.97 Å². The second-order valence-corrected chi connectivity index (χ2v) is 3.19. The van der Waals surface area contributed by atoms with E-state index in [2.05, 4.69) is 0 Å². The zero-order chi connectivity index (χ0) is 11.1. The summed E-state index contributed by atoms with van der Waals surface area (Å²) >= 11 is 0. The van der Waals surface area contributed by atoms with Crippen LogP contribution in [-0.2, 0) is 16.0 Å². The Morgan fingerprint density at radius 2 is 2.07 bits per heavy atom. The minimum atomic E-state index is -0.668. The molecule has 1 aromatic rings. The van der Waals surface area contributed by atoms with Crippen LogP contribution in [0.2, 0.25) is 0 Å². The molecule has 0 spiro atoms. The van der Waals surface area contributed by atoms with Crippen molar-refractivity contribution in [3.63, 3.8) is 0 Å². The lowest BCUT2D eigenvalue weighted by molar-refractivity contribution is -0.146. The summed E-state index contributed by atoms with van der Waals surface area (Å²) in [6, 6.07) is 8.82. The Morgan fingerprint density at radius 3 is 2.67 bits per heavy atom. The Bertz CT molecular complexity index is 300. The third kappa shape index (κ3) is 4.10. The molecule has 0 saturated carbocycles. The van der Waals surface area contributed by atoms with Gasteiger partial charge in [0.25, 0.3) is 0 Å². The molecule has 4 heteroatoms. The van der Waals surface area contributed by atoms with Crippen molar-refractivity contribution >= 4 is 5.97 Å². The first-order valence-electron chi connectivity index (χ1n) is 4.81. The van der Waals surface area contributed by atoms with Gasteiger partial charge in [0, 0.05) is 0 Å². The number of aliphatic hydroxyl groups is 1. The molecule has 0 aliphatic rings. The van der Waals surface area contributed by atoms with Crippen LogP contribution in [0.5, 0.6) is 0 Å². The summed E-state index contributed by atoms with van der Waals surface area (Å²) in [4.78, 5) is 11.2. The Balaban J connectivity index is 2.41. The average Bonchev–Trinajstić information content (AvgIpc) is 2.27. The molecule has 15 heavy (non-hydrogen) atoms. The summed E-state index contributed by atoms with van der Waals surface area (Å²) in [5.41, 5.74) is 6.63. The molecule has 0 amide bonds. The van der Waals surface area contributed by atoms with Crippen molar-refractivity contribution in [2.75, 3.05) is 13.2 Å². The van der Waals surface area contributed by atoms with Gasteiger partial charge in [-0.15, -0.1) is 0 Å². The van der Waals surface area contributed by atoms with Crippen LogP contribution in [0.15, 0.2) is 30.3 Å². The van der Waals surface area contributed by atoms with E-state index in [0.29, 0.717) is 6.42 Å². The summed E-state index contributed by atoms with van der Waals surface area (Å²) in [5.74, 6) is -0.479. The number of aliphatic hydroxyl groups excluding tert-OH is 1. The molecule has 1 atom stereocenters. The van der Waals surface area contributed by atoms with E-state index >= 15 is 0 Å². The molecule has 0 aliphatic carbocycles. The fourth-order valence-electron chi connectivity index (χ4n) is 1.20. The third-order valence-corrected chi connectivity index (χ3v) is 1.94. The number of carbonyl (C=O) groups is 1. The second kappa shape index (κ2) is 6.16. The van der Waals surface area contributed by atoms with Gasteiger partial charge in [0.1, 0.15) is 12.6 Å². The van der Waals surface area contributed by atoms with Crippen LogP contribution in [0.1, 0.15) is 5.56 Å². The quantitative estimate of drug-likeness (QED) is 0.674. The minimum absolute atomic E-state index is 0.00131. The monoisotopic (exact) mass is 209 g/mol. The van der Waals surface area contributed by atoms with Gasteiger partial charge < -0.3 is 15.6 Å². The molecular weight excluding hydrogens is 194 g/mol. The van der Waals surface area contributed by atoms with Gasteiger partial charge in [0.15, 0.2) is 0 Å². The van der Waals surface area contributed by atoms with Crippen LogP contribution in [0.3, 0.4) is 0 Å². The van der Waals surface area contributed by atoms with E-state index in [1.165, 1.54) is 0 Å². The molecule has 0 saturated heterocycles. The van der Waals surface area contributed by atoms with E-state index in [0.717, 1.165) is 5.56 Å². The lowest BCUT2D eigenvalue weighted by Gasteiger charge is -2.10. The highest BCUT2D eigenvalue weighted by atomic mass is 16.5. The normalized spacial score (nSPS) is 12.1. The lowest BCUT2D eigenvalue weighted by atomic mass is 10.1. The number of rotatable bonds is 5. The van der Waals surface area contributed by atoms with E-state index < -0.39 is 12.0 Å². The Morgan fingerprint density at radius 1 is 1.40 bits per heavy atom. The van der Waals surface area contributed by atoms with Crippen molar-refractivity contribution in [3.05, 3.63) is 35.9 Å². The van der Waals surface area contributed by atoms with Gasteiger partial charge in [-0.3, -0.25) is 4.79 Å². The maximum absolute atomic E-state index is 11.2. The number of hydrogen-bond acceptors (Lipinski definition) is 4. The fourth-order valence-corrected chi connectivity index (χ4v) is 1.20. The summed E-state index contributed by atoms with van der Waals surface area (Å²) in [7, 11) is 0. The summed E-state index contributed by atoms with van der Waals surface area (Å²) in [5, 5.41) is 8.47. The van der Waals surface area contributed by atoms with Crippen molar-refractivity contribution in [3.8, 4) is 0 Å². The van der Waals surface area contributed by atoms with Crippen LogP contribution < -0.4 is 5.73 Å². The molecule has 3 N–H and O–H groups in total. The molecule has 1 aromatic carbocycles. The topological polar surface area (TPSA) is 72.6 Å². The Labute approximate surface area is 88.7 Å². The second-order valence-electron chi connectivity index (χ2n) is 3.19. The van der Waals surface area contributed by atoms with Gasteiger partial charge in [-0.2, -0.15) is 0 Å². The van der Waals surface area contributed by atoms with E-state index in [-0.39, 0.29) is 13.2 Å². The number of esters is 1. The highest BCUT2D eigenvalue weighted by Crippen LogP contribution is 2.02. The van der Waals surface area contributed by atoms with Gasteiger partial charge in [-0.1, -0.05) is 30.3 Å². The number of carbonyl (C=O) groups excluding carboxylic acids is 1. The molecule has 0 bridgehead atoms. The highest BCUT2D eigenvalue weighted by Gasteiger charge is 2.14. The van der Waals surface area contributed by atoms with Gasteiger partial charge in [-0.05, 0) is 12.0 Å². The van der Waals surface area contributed by atoms with E-state index in [4.69, 9.17) is 15.6 Å². The molecular formula is C11H15NO3. The SMILES string of the molecule is N[C@@H](Cc1ccccc1)C(=O)OCCO. The van der Waals surface area contributed by atoms with E-state index in [1.807, 2.05) is 30.3 Å². The predicted octanol–water partition coefficient (Wildman–Crippen LogP) is 0.0919. The molecule has 0 heterocycles. The number of benzene rings is 1. The molecule has 0 aliphatic heterocycles. The Hall–Kier alpha value is -1.39. The first-order chi connectivity index (χ1) is 7.24. The molecule has 82 valence electrons. The standard InChI is InChI=1S/C11H15NO3/c12-10(11(14)15-7-6-13)8-9-4-2-1-3-5-9/h1-5,10,13H,6-8,12H2/t10-/m0/s1. The van der Waals surface area contributed by atoms with Crippen molar-refractivity contribution in [1.82, 2.24) is 0 Å². The first kappa shape index (κ1) is 11.7. The van der Waals surface area contributed by atoms with Crippen molar-refractivity contribution in [2.24, 2.45) is 5.73 Å². The largest absolute Gasteiger partial charge is 0.462 e. The molecule has 0 unspecified atom stereocenters. The van der Waals surface area contributed by atoms with Crippen molar-refractivity contribution in [2.45, 2.75) is 12.5 Å². The van der Waals surface area contributed by atoms with Gasteiger partial charge in [0.2, 0.25) is 0 Å². The smallest absolute Gasteiger partial charge is 0.323 e. The number of hydrogen-bond donors (Lipinski definition) is 2. The lowest BCUT2D eigenvalue weighted by Crippen LogP contribution is -2.34. The van der Waals surface area contributed by atoms with Crippen LogP contribution in [0.4, 0.5) is 0 Å². The molecule has 0 radical (unpaired) electrons. The van der Waals surface area contributed by atoms with Crippen LogP contribution in [0, 0.1) is 0 Å². The molecule has 4 nitrogen and oxygen atoms in total. The highest BCUT2D eigenvalue weighted by molar-refractivity contribution is 5.75. The molecule has 0 fully saturated rings. The Kier molecular flexibility index (Phi) is 4.80. The van der Waals surface area contributed by atoms with E-state index in [1.54, 1.807) is 0 Å². The third-order valence-electron chi connectivity index (χ3n) is 1.94. The summed E-state index contributed by atoms with van der Waals surface area (Å²) in [6.07, 6.45) is 0.450. The van der Waals surface area contributed by atoms with Crippen LogP contribution in [-0.4, -0.2) is 30.3 Å². The molecule has 1 rings (SSSR count). The maximum Gasteiger partial charge on any atom is 0.323 e. The van der Waals surface area contributed by atoms with Crippen molar-refractivity contribution < 1.29 is 14.6 Å². The van der Waals surface area contributed by atoms with Crippen LogP contribution >= 0.6 is 0 Å².